The number of aliphatic hydroxyl groups is 1. The van der Waals surface area contributed by atoms with Gasteiger partial charge in [0.25, 0.3) is 0 Å². The summed E-state index contributed by atoms with van der Waals surface area (Å²) < 4.78 is 20.4. The summed E-state index contributed by atoms with van der Waals surface area (Å²) in [6.45, 7) is 1.30. The Morgan fingerprint density at radius 3 is 2.77 bits per heavy atom. The Balaban J connectivity index is 1.21. The number of aromatic amines is 1. The zero-order valence-corrected chi connectivity index (χ0v) is 21.6. The standard InChI is InChI=1S/C31H26FN5O3/c1-19-13-21(8-10-26(19)32)29-25(6-4-12-34-29)20-9-11-28-22(14-20)17-36-37(28)30(38)40-18-31(33,39)15-23-16-35-27-7-3-2-5-24(23)27/h2-14,16-17,35,39H,15,18,33H2,1H3. The highest BCUT2D eigenvalue weighted by Crippen LogP contribution is 2.33. The number of carbonyl (C=O) groups excluding carboxylic acids is 1. The van der Waals surface area contributed by atoms with Crippen molar-refractivity contribution in [2.24, 2.45) is 5.73 Å². The molecule has 40 heavy (non-hydrogen) atoms. The molecule has 1 atom stereocenters. The number of para-hydroxylation sites is 1. The fraction of sp³-hybridized carbons (Fsp3) is 0.129. The number of halogens is 1. The molecule has 0 spiro atoms. The minimum atomic E-state index is -1.77. The van der Waals surface area contributed by atoms with Gasteiger partial charge in [0.2, 0.25) is 0 Å². The molecule has 0 saturated carbocycles. The largest absolute Gasteiger partial charge is 0.443 e. The smallest absolute Gasteiger partial charge is 0.435 e. The monoisotopic (exact) mass is 535 g/mol. The summed E-state index contributed by atoms with van der Waals surface area (Å²) >= 11 is 0. The van der Waals surface area contributed by atoms with Gasteiger partial charge in [-0.15, -0.1) is 0 Å². The van der Waals surface area contributed by atoms with Crippen LogP contribution in [-0.4, -0.2) is 43.3 Å². The maximum atomic E-state index is 13.9. The predicted octanol–water partition coefficient (Wildman–Crippen LogP) is 5.57. The predicted molar refractivity (Wildman–Crippen MR) is 151 cm³/mol. The molecule has 0 bridgehead atoms. The van der Waals surface area contributed by atoms with Crippen LogP contribution < -0.4 is 5.73 Å². The van der Waals surface area contributed by atoms with Gasteiger partial charge in [0.15, 0.2) is 5.72 Å². The Kier molecular flexibility index (Phi) is 6.37. The number of rotatable bonds is 6. The van der Waals surface area contributed by atoms with E-state index < -0.39 is 18.4 Å². The SMILES string of the molecule is Cc1cc(-c2ncccc2-c2ccc3c(cnn3C(=O)OCC(N)(O)Cc3c[nH]c4ccccc34)c2)ccc1F. The van der Waals surface area contributed by atoms with Gasteiger partial charge in [-0.25, -0.2) is 9.18 Å². The minimum absolute atomic E-state index is 0.0918. The number of nitrogens with one attached hydrogen (secondary N) is 1. The Morgan fingerprint density at radius 2 is 1.93 bits per heavy atom. The number of nitrogens with zero attached hydrogens (tertiary/aromatic N) is 3. The van der Waals surface area contributed by atoms with Crippen molar-refractivity contribution in [3.8, 4) is 22.4 Å². The van der Waals surface area contributed by atoms with E-state index in [0.29, 0.717) is 22.2 Å². The van der Waals surface area contributed by atoms with Crippen LogP contribution in [0.15, 0.2) is 91.4 Å². The fourth-order valence-corrected chi connectivity index (χ4v) is 4.91. The van der Waals surface area contributed by atoms with Crippen molar-refractivity contribution < 1.29 is 19.0 Å². The van der Waals surface area contributed by atoms with Gasteiger partial charge in [0, 0.05) is 46.2 Å². The number of fused-ring (bicyclic) bond motifs is 2. The maximum absolute atomic E-state index is 13.9. The van der Waals surface area contributed by atoms with Crippen LogP contribution in [0, 0.1) is 12.7 Å². The van der Waals surface area contributed by atoms with Crippen molar-refractivity contribution in [2.45, 2.75) is 19.1 Å². The average Bonchev–Trinajstić information content (AvgIpc) is 3.57. The molecule has 0 aliphatic rings. The fourth-order valence-electron chi connectivity index (χ4n) is 4.91. The zero-order chi connectivity index (χ0) is 27.9. The number of ether oxygens (including phenoxy) is 1. The lowest BCUT2D eigenvalue weighted by Crippen LogP contribution is -2.47. The first-order chi connectivity index (χ1) is 19.3. The van der Waals surface area contributed by atoms with E-state index in [1.165, 1.54) is 6.07 Å². The van der Waals surface area contributed by atoms with Crippen molar-refractivity contribution >= 4 is 27.9 Å². The van der Waals surface area contributed by atoms with Gasteiger partial charge in [-0.3, -0.25) is 4.98 Å². The minimum Gasteiger partial charge on any atom is -0.443 e. The second kappa shape index (κ2) is 10.0. The first kappa shape index (κ1) is 25.4. The number of hydrogen-bond acceptors (Lipinski definition) is 6. The van der Waals surface area contributed by atoms with E-state index in [-0.39, 0.29) is 12.2 Å². The molecule has 0 amide bonds. The number of aryl methyl sites for hydroxylation is 1. The summed E-state index contributed by atoms with van der Waals surface area (Å²) in [5, 5.41) is 16.6. The Hall–Kier alpha value is -4.86. The maximum Gasteiger partial charge on any atom is 0.435 e. The van der Waals surface area contributed by atoms with Gasteiger partial charge < -0.3 is 20.6 Å². The van der Waals surface area contributed by atoms with Crippen LogP contribution in [0.4, 0.5) is 9.18 Å². The van der Waals surface area contributed by atoms with Crippen molar-refractivity contribution in [1.82, 2.24) is 19.7 Å². The molecule has 6 rings (SSSR count). The lowest BCUT2D eigenvalue weighted by Gasteiger charge is -2.22. The Morgan fingerprint density at radius 1 is 1.10 bits per heavy atom. The molecule has 200 valence electrons. The van der Waals surface area contributed by atoms with Gasteiger partial charge in [-0.05, 0) is 66.1 Å². The van der Waals surface area contributed by atoms with Gasteiger partial charge >= 0.3 is 6.09 Å². The number of benzene rings is 3. The highest BCUT2D eigenvalue weighted by atomic mass is 19.1. The number of aromatic nitrogens is 4. The van der Waals surface area contributed by atoms with Crippen molar-refractivity contribution in [3.63, 3.8) is 0 Å². The van der Waals surface area contributed by atoms with Crippen LogP contribution in [0.3, 0.4) is 0 Å². The number of carbonyl (C=O) groups is 1. The second-order valence-corrected chi connectivity index (χ2v) is 9.89. The molecule has 0 fully saturated rings. The lowest BCUT2D eigenvalue weighted by molar-refractivity contribution is -0.0165. The Labute approximate surface area is 228 Å². The molecular weight excluding hydrogens is 509 g/mol. The Bertz CT molecular complexity index is 1870. The molecule has 4 N–H and O–H groups in total. The van der Waals surface area contributed by atoms with Crippen LogP contribution >= 0.6 is 0 Å². The van der Waals surface area contributed by atoms with E-state index in [0.717, 1.165) is 37.8 Å². The summed E-state index contributed by atoms with van der Waals surface area (Å²) in [5.41, 5.74) is 10.4. The van der Waals surface area contributed by atoms with Crippen LogP contribution in [0.1, 0.15) is 11.1 Å². The topological polar surface area (TPSA) is 119 Å². The van der Waals surface area contributed by atoms with E-state index in [2.05, 4.69) is 15.1 Å². The van der Waals surface area contributed by atoms with Gasteiger partial charge in [0.05, 0.1) is 17.4 Å². The van der Waals surface area contributed by atoms with Gasteiger partial charge in [-0.2, -0.15) is 9.78 Å². The molecule has 1 unspecified atom stereocenters. The first-order valence-corrected chi connectivity index (χ1v) is 12.7. The molecule has 0 saturated heterocycles. The molecule has 8 nitrogen and oxygen atoms in total. The number of hydrogen-bond donors (Lipinski definition) is 3. The first-order valence-electron chi connectivity index (χ1n) is 12.7. The summed E-state index contributed by atoms with van der Waals surface area (Å²) in [7, 11) is 0. The van der Waals surface area contributed by atoms with E-state index in [1.807, 2.05) is 48.5 Å². The molecule has 0 radical (unpaired) electrons. The van der Waals surface area contributed by atoms with E-state index >= 15 is 0 Å². The summed E-state index contributed by atoms with van der Waals surface area (Å²) in [4.78, 5) is 20.6. The lowest BCUT2D eigenvalue weighted by atomic mass is 9.97. The number of H-pyrrole nitrogens is 1. The summed E-state index contributed by atoms with van der Waals surface area (Å²) in [6.07, 6.45) is 4.39. The molecule has 6 aromatic rings. The number of pyridine rings is 1. The van der Waals surface area contributed by atoms with Gasteiger partial charge in [-0.1, -0.05) is 30.3 Å². The summed E-state index contributed by atoms with van der Waals surface area (Å²) in [6, 6.07) is 21.9. The molecule has 3 aromatic carbocycles. The molecule has 3 heterocycles. The quantitative estimate of drug-likeness (QED) is 0.240. The molecule has 0 aliphatic heterocycles. The molecule has 3 aromatic heterocycles. The van der Waals surface area contributed by atoms with Crippen LogP contribution in [0.25, 0.3) is 44.2 Å². The van der Waals surface area contributed by atoms with Crippen LogP contribution in [0.5, 0.6) is 0 Å². The van der Waals surface area contributed by atoms with Crippen LogP contribution in [-0.2, 0) is 11.2 Å². The average molecular weight is 536 g/mol. The van der Waals surface area contributed by atoms with Crippen molar-refractivity contribution in [1.29, 1.82) is 0 Å². The second-order valence-electron chi connectivity index (χ2n) is 9.89. The van der Waals surface area contributed by atoms with Gasteiger partial charge in [0.1, 0.15) is 12.4 Å². The van der Waals surface area contributed by atoms with E-state index in [4.69, 9.17) is 10.5 Å². The highest BCUT2D eigenvalue weighted by Gasteiger charge is 2.26. The van der Waals surface area contributed by atoms with Crippen molar-refractivity contribution in [2.75, 3.05) is 6.61 Å². The van der Waals surface area contributed by atoms with Crippen LogP contribution in [0.2, 0.25) is 0 Å². The third kappa shape index (κ3) is 4.84. The summed E-state index contributed by atoms with van der Waals surface area (Å²) in [5.74, 6) is -0.270. The molecular formula is C31H26FN5O3. The van der Waals surface area contributed by atoms with E-state index in [9.17, 15) is 14.3 Å². The normalized spacial score (nSPS) is 13.0. The van der Waals surface area contributed by atoms with E-state index in [1.54, 1.807) is 43.7 Å². The molecule has 9 heteroatoms. The molecule has 0 aliphatic carbocycles. The van der Waals surface area contributed by atoms with Crippen molar-refractivity contribution in [3.05, 3.63) is 108 Å². The number of nitrogens with two attached hydrogens (primary N) is 1. The highest BCUT2D eigenvalue weighted by molar-refractivity contribution is 5.92. The zero-order valence-electron chi connectivity index (χ0n) is 21.6. The third-order valence-corrected chi connectivity index (χ3v) is 6.91. The third-order valence-electron chi connectivity index (χ3n) is 6.91.